The van der Waals surface area contributed by atoms with Crippen molar-refractivity contribution >= 4 is 23.2 Å². The van der Waals surface area contributed by atoms with Gasteiger partial charge < -0.3 is 19.2 Å². The minimum absolute atomic E-state index is 0.0208. The third-order valence-corrected chi connectivity index (χ3v) is 5.06. The number of hydrogen-bond acceptors (Lipinski definition) is 6. The van der Waals surface area contributed by atoms with Crippen LogP contribution >= 0.6 is 11.3 Å². The Bertz CT molecular complexity index is 750. The summed E-state index contributed by atoms with van der Waals surface area (Å²) in [4.78, 5) is 29.7. The number of oxazole rings is 1. The van der Waals surface area contributed by atoms with Gasteiger partial charge in [-0.15, -0.1) is 0 Å². The summed E-state index contributed by atoms with van der Waals surface area (Å²) in [5.41, 5.74) is 1.47. The third-order valence-electron chi connectivity index (χ3n) is 4.38. The predicted molar refractivity (Wildman–Crippen MR) is 96.1 cm³/mol. The summed E-state index contributed by atoms with van der Waals surface area (Å²) >= 11 is 1.55. The number of aromatic nitrogens is 1. The van der Waals surface area contributed by atoms with Gasteiger partial charge in [-0.25, -0.2) is 4.98 Å². The molecule has 0 radical (unpaired) electrons. The summed E-state index contributed by atoms with van der Waals surface area (Å²) < 4.78 is 11.3. The number of thiophene rings is 1. The van der Waals surface area contributed by atoms with Gasteiger partial charge in [0.25, 0.3) is 0 Å². The summed E-state index contributed by atoms with van der Waals surface area (Å²) in [6, 6.07) is 1.91. The number of amides is 1. The Hall–Kier alpha value is -2.19. The van der Waals surface area contributed by atoms with Crippen LogP contribution in [-0.4, -0.2) is 52.7 Å². The summed E-state index contributed by atoms with van der Waals surface area (Å²) in [5, 5.41) is 12.8. The van der Waals surface area contributed by atoms with Crippen LogP contribution in [-0.2, 0) is 20.7 Å². The van der Waals surface area contributed by atoms with Crippen LogP contribution in [0, 0.1) is 6.92 Å². The molecule has 2 aromatic rings. The zero-order valence-electron chi connectivity index (χ0n) is 14.6. The Kier molecular flexibility index (Phi) is 6.05. The topological polar surface area (TPSA) is 92.9 Å². The molecule has 0 saturated carbocycles. The van der Waals surface area contributed by atoms with Gasteiger partial charge in [-0.1, -0.05) is 0 Å². The van der Waals surface area contributed by atoms with Gasteiger partial charge in [0.05, 0.1) is 24.6 Å². The van der Waals surface area contributed by atoms with E-state index in [0.717, 1.165) is 18.4 Å². The standard InChI is InChI=1S/C18H22N2O5S/c1-12-15(19-18(25-12)13-5-8-26-11-13)9-16(21)20(6-4-17(22)23)10-14-3-2-7-24-14/h5,8,11,14H,2-4,6-7,9-10H2,1H3,(H,22,23)/t14-/m1/s1. The molecule has 1 aliphatic rings. The van der Waals surface area contributed by atoms with Crippen molar-refractivity contribution in [1.29, 1.82) is 0 Å². The summed E-state index contributed by atoms with van der Waals surface area (Å²) in [5.74, 6) is 0.0279. The highest BCUT2D eigenvalue weighted by Gasteiger charge is 2.25. The molecule has 1 fully saturated rings. The zero-order chi connectivity index (χ0) is 18.5. The van der Waals surface area contributed by atoms with Crippen LogP contribution in [0.5, 0.6) is 0 Å². The maximum absolute atomic E-state index is 12.8. The third kappa shape index (κ3) is 4.70. The first-order valence-electron chi connectivity index (χ1n) is 8.63. The molecule has 0 unspecified atom stereocenters. The molecule has 1 atom stereocenters. The largest absolute Gasteiger partial charge is 0.481 e. The van der Waals surface area contributed by atoms with Gasteiger partial charge in [0, 0.05) is 30.6 Å². The predicted octanol–water partition coefficient (Wildman–Crippen LogP) is 2.74. The number of ether oxygens (including phenoxy) is 1. The molecule has 0 aromatic carbocycles. The monoisotopic (exact) mass is 378 g/mol. The minimum atomic E-state index is -0.924. The second kappa shape index (κ2) is 8.46. The highest BCUT2D eigenvalue weighted by molar-refractivity contribution is 7.08. The number of carboxylic acids is 1. The number of aryl methyl sites for hydroxylation is 1. The van der Waals surface area contributed by atoms with Crippen molar-refractivity contribution in [3.63, 3.8) is 0 Å². The highest BCUT2D eigenvalue weighted by atomic mass is 32.1. The van der Waals surface area contributed by atoms with Crippen molar-refractivity contribution < 1.29 is 23.8 Å². The second-order valence-electron chi connectivity index (χ2n) is 6.33. The van der Waals surface area contributed by atoms with Crippen LogP contribution in [0.25, 0.3) is 11.5 Å². The first kappa shape index (κ1) is 18.6. The number of carbonyl (C=O) groups excluding carboxylic acids is 1. The minimum Gasteiger partial charge on any atom is -0.481 e. The second-order valence-corrected chi connectivity index (χ2v) is 7.11. The lowest BCUT2D eigenvalue weighted by molar-refractivity contribution is -0.139. The van der Waals surface area contributed by atoms with Crippen LogP contribution in [0.4, 0.5) is 0 Å². The molecule has 0 bridgehead atoms. The number of carboxylic acid groups (broad SMARTS) is 1. The van der Waals surface area contributed by atoms with E-state index in [9.17, 15) is 9.59 Å². The lowest BCUT2D eigenvalue weighted by atomic mass is 10.2. The van der Waals surface area contributed by atoms with Gasteiger partial charge in [0.1, 0.15) is 5.76 Å². The lowest BCUT2D eigenvalue weighted by Gasteiger charge is -2.24. The van der Waals surface area contributed by atoms with Gasteiger partial charge in [0.2, 0.25) is 11.8 Å². The molecule has 1 aliphatic heterocycles. The first-order valence-corrected chi connectivity index (χ1v) is 9.57. The van der Waals surface area contributed by atoms with Gasteiger partial charge in [-0.2, -0.15) is 11.3 Å². The van der Waals surface area contributed by atoms with Crippen LogP contribution < -0.4 is 0 Å². The van der Waals surface area contributed by atoms with Gasteiger partial charge >= 0.3 is 5.97 Å². The maximum atomic E-state index is 12.8. The number of rotatable bonds is 8. The molecule has 140 valence electrons. The number of carbonyl (C=O) groups is 2. The molecular weight excluding hydrogens is 356 g/mol. The highest BCUT2D eigenvalue weighted by Crippen LogP contribution is 2.24. The van der Waals surface area contributed by atoms with Crippen LogP contribution in [0.2, 0.25) is 0 Å². The van der Waals surface area contributed by atoms with Crippen LogP contribution in [0.1, 0.15) is 30.7 Å². The van der Waals surface area contributed by atoms with Gasteiger partial charge in [-0.05, 0) is 31.2 Å². The SMILES string of the molecule is Cc1oc(-c2ccsc2)nc1CC(=O)N(CCC(=O)O)C[C@H]1CCCO1. The quantitative estimate of drug-likeness (QED) is 0.759. The molecule has 0 aliphatic carbocycles. The van der Waals surface area contributed by atoms with E-state index < -0.39 is 5.97 Å². The molecule has 1 amide bonds. The fraction of sp³-hybridized carbons (Fsp3) is 0.500. The van der Waals surface area contributed by atoms with E-state index in [0.29, 0.717) is 30.5 Å². The molecule has 1 N–H and O–H groups in total. The molecule has 3 rings (SSSR count). The average Bonchev–Trinajstić information content (AvgIpc) is 3.34. The fourth-order valence-corrected chi connectivity index (χ4v) is 3.57. The van der Waals surface area contributed by atoms with E-state index in [1.165, 1.54) is 0 Å². The van der Waals surface area contributed by atoms with Crippen molar-refractivity contribution in [2.24, 2.45) is 0 Å². The van der Waals surface area contributed by atoms with Gasteiger partial charge in [0.15, 0.2) is 0 Å². The summed E-state index contributed by atoms with van der Waals surface area (Å²) in [6.45, 7) is 3.06. The molecule has 2 aromatic heterocycles. The van der Waals surface area contributed by atoms with E-state index >= 15 is 0 Å². The van der Waals surface area contributed by atoms with Crippen LogP contribution in [0.15, 0.2) is 21.2 Å². The number of aliphatic carboxylic acids is 1. The van der Waals surface area contributed by atoms with Crippen molar-refractivity contribution in [3.8, 4) is 11.5 Å². The molecule has 26 heavy (non-hydrogen) atoms. The van der Waals surface area contributed by atoms with Crippen molar-refractivity contribution in [2.75, 3.05) is 19.7 Å². The lowest BCUT2D eigenvalue weighted by Crippen LogP contribution is -2.39. The molecular formula is C18H22N2O5S. The van der Waals surface area contributed by atoms with E-state index in [-0.39, 0.29) is 31.4 Å². The van der Waals surface area contributed by atoms with Crippen molar-refractivity contribution in [2.45, 2.75) is 38.7 Å². The maximum Gasteiger partial charge on any atom is 0.305 e. The smallest absolute Gasteiger partial charge is 0.305 e. The molecule has 7 nitrogen and oxygen atoms in total. The van der Waals surface area contributed by atoms with Crippen molar-refractivity contribution in [3.05, 3.63) is 28.3 Å². The number of hydrogen-bond donors (Lipinski definition) is 1. The average molecular weight is 378 g/mol. The molecule has 1 saturated heterocycles. The zero-order valence-corrected chi connectivity index (χ0v) is 15.5. The van der Waals surface area contributed by atoms with E-state index in [2.05, 4.69) is 4.98 Å². The van der Waals surface area contributed by atoms with E-state index in [1.807, 2.05) is 16.8 Å². The Morgan fingerprint density at radius 3 is 2.96 bits per heavy atom. The Balaban J connectivity index is 1.68. The fourth-order valence-electron chi connectivity index (χ4n) is 2.94. The van der Waals surface area contributed by atoms with Crippen molar-refractivity contribution in [1.82, 2.24) is 9.88 Å². The Labute approximate surface area is 155 Å². The summed E-state index contributed by atoms with van der Waals surface area (Å²) in [6.07, 6.45) is 1.84. The van der Waals surface area contributed by atoms with Crippen LogP contribution in [0.3, 0.4) is 0 Å². The first-order chi connectivity index (χ1) is 12.5. The normalized spacial score (nSPS) is 16.7. The Morgan fingerprint density at radius 1 is 1.46 bits per heavy atom. The number of nitrogens with zero attached hydrogens (tertiary/aromatic N) is 2. The van der Waals surface area contributed by atoms with E-state index in [1.54, 1.807) is 23.2 Å². The Morgan fingerprint density at radius 2 is 2.31 bits per heavy atom. The molecule has 3 heterocycles. The molecule has 8 heteroatoms. The van der Waals surface area contributed by atoms with E-state index in [4.69, 9.17) is 14.3 Å². The van der Waals surface area contributed by atoms with Gasteiger partial charge in [-0.3, -0.25) is 9.59 Å². The summed E-state index contributed by atoms with van der Waals surface area (Å²) in [7, 11) is 0. The molecule has 0 spiro atoms.